The van der Waals surface area contributed by atoms with Gasteiger partial charge in [-0.3, -0.25) is 4.79 Å². The van der Waals surface area contributed by atoms with E-state index in [0.29, 0.717) is 6.61 Å². The molecule has 1 atom stereocenters. The monoisotopic (exact) mass is 429 g/mol. The first-order valence-electron chi connectivity index (χ1n) is 11.6. The van der Waals surface area contributed by atoms with Gasteiger partial charge in [-0.15, -0.1) is 0 Å². The molecule has 32 heavy (non-hydrogen) atoms. The molecule has 0 bridgehead atoms. The van der Waals surface area contributed by atoms with E-state index in [1.54, 1.807) is 4.90 Å². The highest BCUT2D eigenvalue weighted by Crippen LogP contribution is 2.17. The number of carbonyl (C=O) groups is 1. The number of piperidine rings is 1. The lowest BCUT2D eigenvalue weighted by molar-refractivity contribution is -0.919. The quantitative estimate of drug-likeness (QED) is 0.570. The standard InChI is InChI=1S/C28H32N2O2/c1-22(25-10-6-3-7-11-25)29-28(31)26-16-18-30(19-17-26)20-23-12-14-27(15-13-23)32-21-24-8-4-2-5-9-24/h2-15,22,26H,16-21H2,1H3,(H,29,31)/p+1/t22-/m0/s1. The van der Waals surface area contributed by atoms with Crippen molar-refractivity contribution in [2.75, 3.05) is 13.1 Å². The molecular weight excluding hydrogens is 396 g/mol. The number of nitrogens with one attached hydrogen (secondary N) is 2. The molecule has 0 spiro atoms. The van der Waals surface area contributed by atoms with Crippen molar-refractivity contribution in [1.29, 1.82) is 0 Å². The fourth-order valence-corrected chi connectivity index (χ4v) is 4.35. The number of benzene rings is 3. The maximum Gasteiger partial charge on any atom is 0.224 e. The SMILES string of the molecule is C[C@H](NC(=O)C1CC[NH+](Cc2ccc(OCc3ccccc3)cc2)CC1)c1ccccc1. The Morgan fingerprint density at radius 1 is 0.906 bits per heavy atom. The molecule has 1 heterocycles. The molecular formula is C28H33N2O2+. The minimum absolute atomic E-state index is 0.0525. The van der Waals surface area contributed by atoms with Crippen LogP contribution in [0.4, 0.5) is 0 Å². The average Bonchev–Trinajstić information content (AvgIpc) is 2.85. The maximum absolute atomic E-state index is 12.7. The molecule has 166 valence electrons. The third kappa shape index (κ3) is 6.21. The van der Waals surface area contributed by atoms with E-state index in [4.69, 9.17) is 4.74 Å². The number of ether oxygens (including phenoxy) is 1. The Labute approximate surface area is 191 Å². The number of hydrogen-bond acceptors (Lipinski definition) is 2. The Balaban J connectivity index is 1.20. The molecule has 0 unspecified atom stereocenters. The fourth-order valence-electron chi connectivity index (χ4n) is 4.35. The zero-order chi connectivity index (χ0) is 22.2. The topological polar surface area (TPSA) is 42.8 Å². The van der Waals surface area contributed by atoms with Crippen molar-refractivity contribution in [1.82, 2.24) is 5.32 Å². The molecule has 0 saturated carbocycles. The largest absolute Gasteiger partial charge is 0.489 e. The van der Waals surface area contributed by atoms with Gasteiger partial charge in [-0.1, -0.05) is 60.7 Å². The van der Waals surface area contributed by atoms with Crippen molar-refractivity contribution in [2.24, 2.45) is 5.92 Å². The van der Waals surface area contributed by atoms with Gasteiger partial charge in [0.1, 0.15) is 18.9 Å². The van der Waals surface area contributed by atoms with E-state index in [1.807, 2.05) is 36.4 Å². The smallest absolute Gasteiger partial charge is 0.224 e. The van der Waals surface area contributed by atoms with Crippen LogP contribution in [0.3, 0.4) is 0 Å². The summed E-state index contributed by atoms with van der Waals surface area (Å²) in [4.78, 5) is 14.3. The van der Waals surface area contributed by atoms with Gasteiger partial charge in [-0.2, -0.15) is 0 Å². The summed E-state index contributed by atoms with van der Waals surface area (Å²) in [5.74, 6) is 1.22. The highest BCUT2D eigenvalue weighted by atomic mass is 16.5. The van der Waals surface area contributed by atoms with Crippen LogP contribution in [0.25, 0.3) is 0 Å². The van der Waals surface area contributed by atoms with Crippen LogP contribution in [-0.4, -0.2) is 19.0 Å². The summed E-state index contributed by atoms with van der Waals surface area (Å²) in [5.41, 5.74) is 3.64. The lowest BCUT2D eigenvalue weighted by Crippen LogP contribution is -3.11. The Bertz CT molecular complexity index is 965. The molecule has 1 aliphatic heterocycles. The molecule has 0 aliphatic carbocycles. The molecule has 1 saturated heterocycles. The molecule has 0 aromatic heterocycles. The normalized spacial score (nSPS) is 19.2. The van der Waals surface area contributed by atoms with Gasteiger partial charge in [0.05, 0.1) is 19.1 Å². The summed E-state index contributed by atoms with van der Waals surface area (Å²) < 4.78 is 5.89. The summed E-state index contributed by atoms with van der Waals surface area (Å²) in [6.45, 7) is 5.70. The van der Waals surface area contributed by atoms with Crippen molar-refractivity contribution in [2.45, 2.75) is 39.0 Å². The highest BCUT2D eigenvalue weighted by Gasteiger charge is 2.28. The first kappa shape index (κ1) is 22.1. The third-order valence-electron chi connectivity index (χ3n) is 6.35. The number of carbonyl (C=O) groups excluding carboxylic acids is 1. The predicted octanol–water partition coefficient (Wildman–Crippen LogP) is 3.94. The zero-order valence-electron chi connectivity index (χ0n) is 18.8. The predicted molar refractivity (Wildman–Crippen MR) is 127 cm³/mol. The van der Waals surface area contributed by atoms with E-state index >= 15 is 0 Å². The molecule has 1 fully saturated rings. The van der Waals surface area contributed by atoms with Crippen LogP contribution in [0.1, 0.15) is 42.5 Å². The number of quaternary nitrogens is 1. The van der Waals surface area contributed by atoms with Gasteiger partial charge in [0.15, 0.2) is 0 Å². The summed E-state index contributed by atoms with van der Waals surface area (Å²) in [6.07, 6.45) is 1.89. The Morgan fingerprint density at radius 2 is 1.53 bits per heavy atom. The average molecular weight is 430 g/mol. The number of hydrogen-bond donors (Lipinski definition) is 2. The Kier molecular flexibility index (Phi) is 7.57. The van der Waals surface area contributed by atoms with E-state index in [0.717, 1.165) is 43.8 Å². The van der Waals surface area contributed by atoms with Gasteiger partial charge in [0, 0.05) is 24.3 Å². The van der Waals surface area contributed by atoms with E-state index in [-0.39, 0.29) is 17.9 Å². The van der Waals surface area contributed by atoms with Gasteiger partial charge >= 0.3 is 0 Å². The second-order valence-electron chi connectivity index (χ2n) is 8.76. The summed E-state index contributed by atoms with van der Waals surface area (Å²) in [7, 11) is 0. The second kappa shape index (κ2) is 11.0. The van der Waals surface area contributed by atoms with Gasteiger partial charge in [0.2, 0.25) is 5.91 Å². The van der Waals surface area contributed by atoms with Crippen molar-refractivity contribution in [3.05, 3.63) is 102 Å². The maximum atomic E-state index is 12.7. The van der Waals surface area contributed by atoms with E-state index < -0.39 is 0 Å². The first-order chi connectivity index (χ1) is 15.7. The molecule has 2 N–H and O–H groups in total. The fraction of sp³-hybridized carbons (Fsp3) is 0.321. The minimum atomic E-state index is 0.0525. The van der Waals surface area contributed by atoms with Crippen molar-refractivity contribution >= 4 is 5.91 Å². The van der Waals surface area contributed by atoms with E-state index in [1.165, 1.54) is 11.1 Å². The molecule has 4 heteroatoms. The molecule has 3 aromatic carbocycles. The first-order valence-corrected chi connectivity index (χ1v) is 11.6. The zero-order valence-corrected chi connectivity index (χ0v) is 18.8. The van der Waals surface area contributed by atoms with Crippen LogP contribution in [-0.2, 0) is 17.9 Å². The molecule has 1 amide bonds. The van der Waals surface area contributed by atoms with Gasteiger partial charge in [0.25, 0.3) is 0 Å². The Hall–Kier alpha value is -3.11. The molecule has 3 aromatic rings. The van der Waals surface area contributed by atoms with Gasteiger partial charge < -0.3 is 15.0 Å². The van der Waals surface area contributed by atoms with E-state index in [2.05, 4.69) is 60.8 Å². The third-order valence-corrected chi connectivity index (χ3v) is 6.35. The molecule has 0 radical (unpaired) electrons. The van der Waals surface area contributed by atoms with Crippen LogP contribution in [0.2, 0.25) is 0 Å². The minimum Gasteiger partial charge on any atom is -0.489 e. The number of likely N-dealkylation sites (tertiary alicyclic amines) is 1. The lowest BCUT2D eigenvalue weighted by atomic mass is 9.95. The van der Waals surface area contributed by atoms with Crippen molar-refractivity contribution in [3.63, 3.8) is 0 Å². The number of amides is 1. The molecule has 4 rings (SSSR count). The van der Waals surface area contributed by atoms with Crippen molar-refractivity contribution < 1.29 is 14.4 Å². The van der Waals surface area contributed by atoms with Crippen LogP contribution in [0.5, 0.6) is 5.75 Å². The number of rotatable bonds is 8. The summed E-state index contributed by atoms with van der Waals surface area (Å²) in [5, 5.41) is 3.20. The van der Waals surface area contributed by atoms with Crippen molar-refractivity contribution in [3.8, 4) is 5.75 Å². The summed E-state index contributed by atoms with van der Waals surface area (Å²) in [6, 6.07) is 28.9. The molecule has 4 nitrogen and oxygen atoms in total. The van der Waals surface area contributed by atoms with Crippen LogP contribution in [0, 0.1) is 5.92 Å². The highest BCUT2D eigenvalue weighted by molar-refractivity contribution is 5.79. The van der Waals surface area contributed by atoms with Gasteiger partial charge in [-0.05, 0) is 42.3 Å². The van der Waals surface area contributed by atoms with Crippen LogP contribution >= 0.6 is 0 Å². The van der Waals surface area contributed by atoms with E-state index in [9.17, 15) is 4.79 Å². The molecule has 1 aliphatic rings. The lowest BCUT2D eigenvalue weighted by Gasteiger charge is -2.29. The second-order valence-corrected chi connectivity index (χ2v) is 8.76. The van der Waals surface area contributed by atoms with Crippen LogP contribution in [0.15, 0.2) is 84.9 Å². The Morgan fingerprint density at radius 3 is 2.19 bits per heavy atom. The van der Waals surface area contributed by atoms with Crippen LogP contribution < -0.4 is 15.0 Å². The summed E-state index contributed by atoms with van der Waals surface area (Å²) >= 11 is 0. The van der Waals surface area contributed by atoms with Gasteiger partial charge in [-0.25, -0.2) is 0 Å².